The Morgan fingerprint density at radius 1 is 0.353 bits per heavy atom. The first-order valence-electron chi connectivity index (χ1n) is 23.3. The highest BCUT2D eigenvalue weighted by molar-refractivity contribution is 7.27. The van der Waals surface area contributed by atoms with Crippen molar-refractivity contribution >= 4 is 108 Å². The van der Waals surface area contributed by atoms with E-state index in [9.17, 15) is 0 Å². The van der Waals surface area contributed by atoms with Crippen molar-refractivity contribution in [3.63, 3.8) is 0 Å². The summed E-state index contributed by atoms with van der Waals surface area (Å²) in [4.78, 5) is 4.99. The largest absolute Gasteiger partial charge is 0.310 e. The average Bonchev–Trinajstić information content (AvgIpc) is 4.14. The minimum atomic E-state index is -0.584. The normalized spacial score (nSPS) is 13.4. The molecule has 13 aromatic rings. The van der Waals surface area contributed by atoms with E-state index >= 15 is 0 Å². The van der Waals surface area contributed by atoms with Gasteiger partial charge in [-0.05, 0) is 130 Å². The minimum absolute atomic E-state index is 0.584. The molecule has 0 amide bonds. The van der Waals surface area contributed by atoms with Crippen LogP contribution in [0.25, 0.3) is 68.2 Å². The third-order valence-electron chi connectivity index (χ3n) is 14.5. The van der Waals surface area contributed by atoms with E-state index in [2.05, 4.69) is 251 Å². The number of anilines is 6. The van der Waals surface area contributed by atoms with Crippen LogP contribution in [0.2, 0.25) is 0 Å². The fraction of sp³-hybridized carbons (Fsp3) is 0.0159. The summed E-state index contributed by atoms with van der Waals surface area (Å²) >= 11 is 3.75. The summed E-state index contributed by atoms with van der Waals surface area (Å²) in [6.45, 7) is 0. The fourth-order valence-electron chi connectivity index (χ4n) is 11.8. The first-order chi connectivity index (χ1) is 33.7. The molecule has 0 radical (unpaired) electrons. The first kappa shape index (κ1) is 37.9. The van der Waals surface area contributed by atoms with Gasteiger partial charge in [0.1, 0.15) is 0 Å². The molecule has 0 N–H and O–H groups in total. The maximum atomic E-state index is 2.52. The molecule has 15 rings (SSSR count). The summed E-state index contributed by atoms with van der Waals surface area (Å²) in [7, 11) is 0. The lowest BCUT2D eigenvalue weighted by atomic mass is 9.64. The highest BCUT2D eigenvalue weighted by atomic mass is 32.1. The number of benzene rings is 10. The van der Waals surface area contributed by atoms with Crippen molar-refractivity contribution in [1.82, 2.24) is 4.57 Å². The van der Waals surface area contributed by atoms with E-state index in [0.29, 0.717) is 0 Å². The Kier molecular flexibility index (Phi) is 8.03. The molecule has 0 atom stereocenters. The second-order valence-corrected chi connectivity index (χ2v) is 20.1. The van der Waals surface area contributed by atoms with Crippen molar-refractivity contribution in [2.24, 2.45) is 0 Å². The molecule has 10 aromatic carbocycles. The van der Waals surface area contributed by atoms with Gasteiger partial charge in [-0.15, -0.1) is 22.7 Å². The number of hydrogen-bond acceptors (Lipinski definition) is 4. The van der Waals surface area contributed by atoms with Gasteiger partial charge in [0.2, 0.25) is 0 Å². The molecule has 5 heteroatoms. The molecule has 0 saturated carbocycles. The van der Waals surface area contributed by atoms with Gasteiger partial charge < -0.3 is 14.4 Å². The van der Waals surface area contributed by atoms with Crippen molar-refractivity contribution in [1.29, 1.82) is 0 Å². The summed E-state index contributed by atoms with van der Waals surface area (Å²) in [5.41, 5.74) is 17.6. The number of nitrogens with zero attached hydrogens (tertiary/aromatic N) is 3. The zero-order valence-electron chi connectivity index (χ0n) is 36.7. The van der Waals surface area contributed by atoms with Crippen LogP contribution in [0.15, 0.2) is 237 Å². The average molecular weight is 902 g/mol. The topological polar surface area (TPSA) is 11.4 Å². The van der Waals surface area contributed by atoms with E-state index in [1.54, 1.807) is 0 Å². The molecule has 2 aliphatic rings. The predicted molar refractivity (Wildman–Crippen MR) is 289 cm³/mol. The molecule has 1 aliphatic heterocycles. The van der Waals surface area contributed by atoms with Gasteiger partial charge in [0.25, 0.3) is 0 Å². The molecule has 4 heterocycles. The number of aromatic nitrogens is 1. The maximum absolute atomic E-state index is 2.52. The summed E-state index contributed by atoms with van der Waals surface area (Å²) in [5, 5.41) is 5.08. The van der Waals surface area contributed by atoms with Crippen LogP contribution in [-0.4, -0.2) is 4.57 Å². The quantitative estimate of drug-likeness (QED) is 0.170. The van der Waals surface area contributed by atoms with E-state index in [1.807, 2.05) is 22.7 Å². The smallest absolute Gasteiger partial charge is 0.0755 e. The Hall–Kier alpha value is -8.22. The second-order valence-electron chi connectivity index (χ2n) is 18.0. The van der Waals surface area contributed by atoms with Gasteiger partial charge in [-0.3, -0.25) is 0 Å². The molecular weight excluding hydrogens is 863 g/mol. The van der Waals surface area contributed by atoms with E-state index in [4.69, 9.17) is 0 Å². The maximum Gasteiger partial charge on any atom is 0.0755 e. The van der Waals surface area contributed by atoms with Crippen molar-refractivity contribution in [2.75, 3.05) is 9.80 Å². The van der Waals surface area contributed by atoms with Gasteiger partial charge >= 0.3 is 0 Å². The third-order valence-corrected chi connectivity index (χ3v) is 16.9. The summed E-state index contributed by atoms with van der Waals surface area (Å²) in [5.74, 6) is 0. The molecule has 0 unspecified atom stereocenters. The Balaban J connectivity index is 1.04. The molecule has 0 saturated heterocycles. The van der Waals surface area contributed by atoms with Crippen molar-refractivity contribution < 1.29 is 0 Å². The van der Waals surface area contributed by atoms with Crippen LogP contribution >= 0.6 is 22.7 Å². The lowest BCUT2D eigenvalue weighted by Crippen LogP contribution is -2.36. The van der Waals surface area contributed by atoms with Crippen LogP contribution in [0.3, 0.4) is 0 Å². The molecule has 1 aliphatic carbocycles. The Morgan fingerprint density at radius 3 is 1.63 bits per heavy atom. The van der Waals surface area contributed by atoms with E-state index in [0.717, 1.165) is 28.4 Å². The van der Waals surface area contributed by atoms with Crippen LogP contribution in [0.5, 0.6) is 0 Å². The van der Waals surface area contributed by atoms with Gasteiger partial charge in [-0.2, -0.15) is 0 Å². The number of hydrogen-bond donors (Lipinski definition) is 0. The second kappa shape index (κ2) is 14.4. The third kappa shape index (κ3) is 5.17. The van der Waals surface area contributed by atoms with Crippen LogP contribution in [0, 0.1) is 0 Å². The van der Waals surface area contributed by atoms with Crippen LogP contribution in [0.4, 0.5) is 34.1 Å². The first-order valence-corrected chi connectivity index (χ1v) is 24.9. The molecular formula is C63H39N3S2. The zero-order chi connectivity index (χ0) is 44.5. The monoisotopic (exact) mass is 901 g/mol. The highest BCUT2D eigenvalue weighted by Gasteiger charge is 2.51. The van der Waals surface area contributed by atoms with E-state index in [1.165, 1.54) is 96.1 Å². The summed E-state index contributed by atoms with van der Waals surface area (Å²) in [6.07, 6.45) is 0. The zero-order valence-corrected chi connectivity index (χ0v) is 38.3. The van der Waals surface area contributed by atoms with Gasteiger partial charge in [0.05, 0.1) is 32.5 Å². The number of fused-ring (bicyclic) bond motifs is 17. The standard InChI is InChI=1S/C63H39N3S2/c1-3-17-40(18-4-1)65-56-28-14-13-27-53(56)63(51-25-11-7-21-45(51)46-22-8-12-26-52(46)63)54-39-44(32-35-57(54)65)64(43-33-36-60-49(37-43)47-23-9-15-29-58(47)67-60)42-31-34-55-50(38-42)62-61(48-24-10-16-30-59(48)68-62)66(55)41-19-5-2-6-20-41/h1-39H. The van der Waals surface area contributed by atoms with Crippen LogP contribution in [-0.2, 0) is 5.41 Å². The molecule has 3 aromatic heterocycles. The highest BCUT2D eigenvalue weighted by Crippen LogP contribution is 2.64. The lowest BCUT2D eigenvalue weighted by molar-refractivity contribution is 0.752. The number of thiophene rings is 2. The van der Waals surface area contributed by atoms with Crippen molar-refractivity contribution in [2.45, 2.75) is 5.41 Å². The van der Waals surface area contributed by atoms with Crippen LogP contribution < -0.4 is 9.80 Å². The van der Waals surface area contributed by atoms with E-state index in [-0.39, 0.29) is 0 Å². The van der Waals surface area contributed by atoms with E-state index < -0.39 is 5.41 Å². The molecule has 68 heavy (non-hydrogen) atoms. The Bertz CT molecular complexity index is 4130. The lowest BCUT2D eigenvalue weighted by Gasteiger charge is -2.45. The van der Waals surface area contributed by atoms with Gasteiger partial charge in [0.15, 0.2) is 0 Å². The Labute approximate surface area is 401 Å². The molecule has 318 valence electrons. The summed E-state index contributed by atoms with van der Waals surface area (Å²) < 4.78 is 7.65. The molecule has 3 nitrogen and oxygen atoms in total. The number of rotatable bonds is 5. The molecule has 1 spiro atoms. The minimum Gasteiger partial charge on any atom is -0.310 e. The molecule has 0 fully saturated rings. The van der Waals surface area contributed by atoms with Crippen molar-refractivity contribution in [3.8, 4) is 16.8 Å². The van der Waals surface area contributed by atoms with Gasteiger partial charge in [-0.1, -0.05) is 140 Å². The van der Waals surface area contributed by atoms with Gasteiger partial charge in [0, 0.05) is 64.1 Å². The van der Waals surface area contributed by atoms with Crippen LogP contribution in [0.1, 0.15) is 22.3 Å². The Morgan fingerprint density at radius 2 is 0.882 bits per heavy atom. The number of para-hydroxylation sites is 3. The SMILES string of the molecule is c1ccc(N2c3ccccc3C3(c4ccccc4-c4ccccc43)c3cc(N(c4ccc5sc6ccccc6c5c4)c4ccc5c(c4)c4sc6ccccc6c4n5-c4ccccc4)ccc32)cc1. The predicted octanol–water partition coefficient (Wildman–Crippen LogP) is 18.0. The van der Waals surface area contributed by atoms with Gasteiger partial charge in [-0.25, -0.2) is 0 Å². The summed E-state index contributed by atoms with van der Waals surface area (Å²) in [6, 6.07) is 88.2. The molecule has 0 bridgehead atoms. The fourth-order valence-corrected chi connectivity index (χ4v) is 14.1. The van der Waals surface area contributed by atoms with Crippen molar-refractivity contribution in [3.05, 3.63) is 259 Å².